The topological polar surface area (TPSA) is 199 Å². The Labute approximate surface area is 198 Å². The molecule has 0 aromatic carbocycles. The van der Waals surface area contributed by atoms with E-state index in [-0.39, 0.29) is 30.3 Å². The molecule has 4 saturated heterocycles. The van der Waals surface area contributed by atoms with Crippen LogP contribution < -0.4 is 11.5 Å². The highest BCUT2D eigenvalue weighted by molar-refractivity contribution is 5.24. The molecule has 2 unspecified atom stereocenters. The van der Waals surface area contributed by atoms with Gasteiger partial charge in [0, 0.05) is 25.3 Å². The van der Waals surface area contributed by atoms with Gasteiger partial charge in [0.2, 0.25) is 0 Å². The van der Waals surface area contributed by atoms with Gasteiger partial charge in [0.05, 0.1) is 48.1 Å². The van der Waals surface area contributed by atoms with Gasteiger partial charge in [-0.1, -0.05) is 13.8 Å². The van der Waals surface area contributed by atoms with Gasteiger partial charge in [-0.15, -0.1) is 0 Å². The third-order valence-electron chi connectivity index (χ3n) is 9.31. The minimum atomic E-state index is -1.69. The second kappa shape index (κ2) is 8.27. The zero-order chi connectivity index (χ0) is 24.8. The van der Waals surface area contributed by atoms with E-state index in [0.717, 1.165) is 6.42 Å². The highest BCUT2D eigenvalue weighted by Gasteiger charge is 2.76. The molecular formula is C22H38N2O10. The fourth-order valence-electron chi connectivity index (χ4n) is 6.72. The van der Waals surface area contributed by atoms with E-state index in [0.29, 0.717) is 6.42 Å². The largest absolute Gasteiger partial charge is 0.394 e. The van der Waals surface area contributed by atoms with Crippen LogP contribution >= 0.6 is 0 Å². The van der Waals surface area contributed by atoms with Crippen molar-refractivity contribution in [3.63, 3.8) is 0 Å². The molecule has 12 nitrogen and oxygen atoms in total. The van der Waals surface area contributed by atoms with Gasteiger partial charge in [-0.25, -0.2) is 0 Å². The third-order valence-corrected chi connectivity index (χ3v) is 9.31. The number of fused-ring (bicyclic) bond motifs is 1. The Morgan fingerprint density at radius 1 is 1.03 bits per heavy atom. The zero-order valence-electron chi connectivity index (χ0n) is 19.7. The van der Waals surface area contributed by atoms with Crippen molar-refractivity contribution in [3.05, 3.63) is 0 Å². The fraction of sp³-hybridized carbons (Fsp3) is 1.00. The van der Waals surface area contributed by atoms with Gasteiger partial charge in [-0.2, -0.15) is 0 Å². The molecule has 5 fully saturated rings. The average Bonchev–Trinajstić information content (AvgIpc) is 3.44. The smallest absolute Gasteiger partial charge is 0.184 e. The molecule has 4 aliphatic heterocycles. The van der Waals surface area contributed by atoms with Crippen LogP contribution in [0.3, 0.4) is 0 Å². The maximum atomic E-state index is 11.6. The summed E-state index contributed by atoms with van der Waals surface area (Å²) in [6, 6.07) is -1.07. The highest BCUT2D eigenvalue weighted by Crippen LogP contribution is 2.66. The van der Waals surface area contributed by atoms with E-state index in [1.165, 1.54) is 0 Å². The minimum absolute atomic E-state index is 0.00194. The monoisotopic (exact) mass is 490 g/mol. The summed E-state index contributed by atoms with van der Waals surface area (Å²) in [6.45, 7) is 5.36. The first kappa shape index (κ1) is 25.2. The molecule has 1 aliphatic carbocycles. The molecule has 34 heavy (non-hydrogen) atoms. The summed E-state index contributed by atoms with van der Waals surface area (Å²) in [7, 11) is 0. The van der Waals surface area contributed by atoms with Crippen LogP contribution in [-0.2, 0) is 23.7 Å². The number of aliphatic hydroxyl groups is 5. The van der Waals surface area contributed by atoms with E-state index in [1.807, 2.05) is 13.8 Å². The molecule has 5 aliphatic rings. The van der Waals surface area contributed by atoms with Crippen LogP contribution in [-0.4, -0.2) is 117 Å². The first-order chi connectivity index (χ1) is 15.9. The molecular weight excluding hydrogens is 452 g/mol. The summed E-state index contributed by atoms with van der Waals surface area (Å²) in [5, 5.41) is 51.4. The summed E-state index contributed by atoms with van der Waals surface area (Å²) in [6.07, 6.45) is -9.07. The number of aliphatic hydroxyl groups excluding tert-OH is 5. The Hall–Kier alpha value is -0.480. The Bertz CT molecular complexity index is 787. The summed E-state index contributed by atoms with van der Waals surface area (Å²) in [5.74, 6) is 0.252. The van der Waals surface area contributed by atoms with Gasteiger partial charge in [-0.05, 0) is 6.92 Å². The summed E-state index contributed by atoms with van der Waals surface area (Å²) >= 11 is 0. The van der Waals surface area contributed by atoms with E-state index >= 15 is 0 Å². The lowest BCUT2D eigenvalue weighted by molar-refractivity contribution is -0.359. The molecule has 0 radical (unpaired) electrons. The fourth-order valence-corrected chi connectivity index (χ4v) is 6.72. The molecule has 4 heterocycles. The van der Waals surface area contributed by atoms with Gasteiger partial charge in [0.15, 0.2) is 12.6 Å². The van der Waals surface area contributed by atoms with Crippen LogP contribution in [0.15, 0.2) is 0 Å². The minimum Gasteiger partial charge on any atom is -0.394 e. The molecule has 0 amide bonds. The normalized spacial score (nSPS) is 61.2. The second-order valence-corrected chi connectivity index (χ2v) is 11.0. The van der Waals surface area contributed by atoms with E-state index in [4.69, 9.17) is 35.2 Å². The number of ether oxygens (including phenoxy) is 5. The van der Waals surface area contributed by atoms with Crippen molar-refractivity contribution in [3.8, 4) is 0 Å². The van der Waals surface area contributed by atoms with E-state index < -0.39 is 72.9 Å². The van der Waals surface area contributed by atoms with Crippen LogP contribution in [0.5, 0.6) is 0 Å². The van der Waals surface area contributed by atoms with Gasteiger partial charge < -0.3 is 60.7 Å². The maximum Gasteiger partial charge on any atom is 0.184 e. The molecule has 12 heteroatoms. The Balaban J connectivity index is 1.39. The predicted molar refractivity (Wildman–Crippen MR) is 114 cm³/mol. The number of hydrogen-bond donors (Lipinski definition) is 7. The van der Waals surface area contributed by atoms with Crippen molar-refractivity contribution in [2.75, 3.05) is 13.2 Å². The van der Waals surface area contributed by atoms with Crippen LogP contribution in [0.1, 0.15) is 33.6 Å². The summed E-state index contributed by atoms with van der Waals surface area (Å²) in [4.78, 5) is 0. The standard InChI is InChI=1S/C22H38N2O10/c1-8-9-4-20(2,34-22(8)5-11(22)30-9)21(3)12(6-23)32-19(13(24)17(21)28)33-16-10(7-25)31-18(29)15(27)14(16)26/h8-19,25-29H,4-7,23-24H2,1-3H3/t8-,9+,10+,11?,12+,13-,14+,15+,16+,17+,18-,19+,20+,21-,22?/m0/s1. The van der Waals surface area contributed by atoms with Gasteiger partial charge in [0.1, 0.15) is 30.0 Å². The first-order valence-corrected chi connectivity index (χ1v) is 12.0. The van der Waals surface area contributed by atoms with Crippen LogP contribution in [0.25, 0.3) is 0 Å². The number of hydrogen-bond acceptors (Lipinski definition) is 12. The van der Waals surface area contributed by atoms with E-state index in [2.05, 4.69) is 6.92 Å². The molecule has 1 spiro atoms. The van der Waals surface area contributed by atoms with E-state index in [9.17, 15) is 25.5 Å². The van der Waals surface area contributed by atoms with Crippen LogP contribution in [0, 0.1) is 11.3 Å². The Morgan fingerprint density at radius 2 is 1.74 bits per heavy atom. The maximum absolute atomic E-state index is 11.6. The zero-order valence-corrected chi connectivity index (χ0v) is 19.7. The molecule has 196 valence electrons. The van der Waals surface area contributed by atoms with Gasteiger partial charge >= 0.3 is 0 Å². The lowest BCUT2D eigenvalue weighted by Crippen LogP contribution is -2.74. The molecule has 9 N–H and O–H groups in total. The van der Waals surface area contributed by atoms with Crippen molar-refractivity contribution in [1.29, 1.82) is 0 Å². The average molecular weight is 491 g/mol. The first-order valence-electron chi connectivity index (χ1n) is 12.0. The van der Waals surface area contributed by atoms with Crippen molar-refractivity contribution in [2.24, 2.45) is 22.8 Å². The van der Waals surface area contributed by atoms with Crippen LogP contribution in [0.4, 0.5) is 0 Å². The molecule has 2 bridgehead atoms. The quantitative estimate of drug-likeness (QED) is 0.205. The molecule has 0 aromatic heterocycles. The highest BCUT2D eigenvalue weighted by atomic mass is 16.7. The lowest BCUT2D eigenvalue weighted by Gasteiger charge is -2.60. The molecule has 1 saturated carbocycles. The SMILES string of the molecule is C[C@H]1[C@H]2C[C@](C)([C@]3(C)[C@H](O)[C@H](N)[C@@H](O[C@H]4[C@H](O)[C@@H](O)[C@@H](O)O[C@@H]4CO)O[C@@H]3CN)OC13CC3O2. The summed E-state index contributed by atoms with van der Waals surface area (Å²) < 4.78 is 30.1. The van der Waals surface area contributed by atoms with E-state index in [1.54, 1.807) is 0 Å². The third kappa shape index (κ3) is 3.29. The van der Waals surface area contributed by atoms with Gasteiger partial charge in [0.25, 0.3) is 0 Å². The molecule has 0 aromatic rings. The number of rotatable bonds is 5. The lowest BCUT2D eigenvalue weighted by atomic mass is 9.59. The predicted octanol–water partition coefficient (Wildman–Crippen LogP) is -3.09. The number of nitrogens with two attached hydrogens (primary N) is 2. The van der Waals surface area contributed by atoms with Crippen LogP contribution in [0.2, 0.25) is 0 Å². The molecule has 5 rings (SSSR count). The van der Waals surface area contributed by atoms with Crippen molar-refractivity contribution in [1.82, 2.24) is 0 Å². The van der Waals surface area contributed by atoms with Crippen molar-refractivity contribution in [2.45, 2.75) is 112 Å². The van der Waals surface area contributed by atoms with Gasteiger partial charge in [-0.3, -0.25) is 0 Å². The van der Waals surface area contributed by atoms with Crippen molar-refractivity contribution < 1.29 is 49.2 Å². The Kier molecular flexibility index (Phi) is 6.12. The molecule has 15 atom stereocenters. The van der Waals surface area contributed by atoms with Crippen molar-refractivity contribution >= 4 is 0 Å². The Morgan fingerprint density at radius 3 is 2.35 bits per heavy atom. The second-order valence-electron chi connectivity index (χ2n) is 11.0. The summed E-state index contributed by atoms with van der Waals surface area (Å²) in [5.41, 5.74) is 10.3.